The van der Waals surface area contributed by atoms with Crippen molar-refractivity contribution in [3.8, 4) is 39.9 Å². The molecule has 0 spiro atoms. The van der Waals surface area contributed by atoms with Gasteiger partial charge in [0.05, 0.1) is 16.7 Å². The zero-order chi connectivity index (χ0) is 38.6. The third-order valence-corrected chi connectivity index (χ3v) is 11.8. The SMILES string of the molecule is c1ccc(-c2nc(-c3ccc4c(c3)oc3c(-n5c6cc7ccccc7cc6c6ccc7ccccc7c65)cccc34)nc(-c3cccc4oc5ccccc5c34)n2)cc1. The third-order valence-electron chi connectivity index (χ3n) is 11.8. The smallest absolute Gasteiger partial charge is 0.164 e. The molecule has 0 radical (unpaired) electrons. The fourth-order valence-electron chi connectivity index (χ4n) is 9.11. The summed E-state index contributed by atoms with van der Waals surface area (Å²) in [5.41, 5.74) is 9.09. The lowest BCUT2D eigenvalue weighted by atomic mass is 10.0. The van der Waals surface area contributed by atoms with Crippen molar-refractivity contribution in [1.82, 2.24) is 19.5 Å². The Morgan fingerprint density at radius 2 is 1.05 bits per heavy atom. The summed E-state index contributed by atoms with van der Waals surface area (Å²) in [6.07, 6.45) is 0. The normalized spacial score (nSPS) is 12.1. The monoisotopic (exact) mass is 754 g/mol. The highest BCUT2D eigenvalue weighted by molar-refractivity contribution is 6.22. The van der Waals surface area contributed by atoms with Gasteiger partial charge in [0.2, 0.25) is 0 Å². The standard InChI is InChI=1S/C53H30N4O2/c1-2-13-32(14-3-1)51-54-52(56-53(55-51)41-20-11-23-46-48(41)40-18-8-9-22-45(40)58-46)35-25-26-37-39-19-10-21-43(50(39)59-47(37)30-35)57-44-29-34-16-5-4-15-33(34)28-42(44)38-27-24-31-12-6-7-17-36(31)49(38)57/h1-30H. The molecule has 0 unspecified atom stereocenters. The van der Waals surface area contributed by atoms with E-state index in [9.17, 15) is 0 Å². The van der Waals surface area contributed by atoms with Crippen molar-refractivity contribution in [2.75, 3.05) is 0 Å². The topological polar surface area (TPSA) is 69.9 Å². The predicted molar refractivity (Wildman–Crippen MR) is 240 cm³/mol. The molecule has 0 aliphatic heterocycles. The molecule has 13 aromatic rings. The second-order valence-corrected chi connectivity index (χ2v) is 15.2. The number of hydrogen-bond acceptors (Lipinski definition) is 5. The van der Waals surface area contributed by atoms with Gasteiger partial charge in [-0.2, -0.15) is 0 Å². The van der Waals surface area contributed by atoms with Gasteiger partial charge in [0.1, 0.15) is 16.7 Å². The maximum atomic E-state index is 6.99. The van der Waals surface area contributed by atoms with Gasteiger partial charge < -0.3 is 13.4 Å². The lowest BCUT2D eigenvalue weighted by Crippen LogP contribution is -2.00. The van der Waals surface area contributed by atoms with Crippen molar-refractivity contribution in [2.24, 2.45) is 0 Å². The van der Waals surface area contributed by atoms with Crippen LogP contribution in [0.5, 0.6) is 0 Å². The minimum Gasteiger partial charge on any atom is -0.456 e. The number of nitrogens with zero attached hydrogens (tertiary/aromatic N) is 4. The summed E-state index contributed by atoms with van der Waals surface area (Å²) in [6, 6.07) is 63.3. The van der Waals surface area contributed by atoms with Gasteiger partial charge in [0.15, 0.2) is 23.1 Å². The number of rotatable bonds is 4. The number of hydrogen-bond donors (Lipinski definition) is 0. The van der Waals surface area contributed by atoms with Crippen LogP contribution in [0, 0.1) is 0 Å². The van der Waals surface area contributed by atoms with Gasteiger partial charge in [-0.1, -0.05) is 140 Å². The van der Waals surface area contributed by atoms with Gasteiger partial charge in [-0.15, -0.1) is 0 Å². The first-order valence-electron chi connectivity index (χ1n) is 19.8. The highest BCUT2D eigenvalue weighted by atomic mass is 16.3. The van der Waals surface area contributed by atoms with Crippen LogP contribution in [-0.2, 0) is 0 Å². The summed E-state index contributed by atoms with van der Waals surface area (Å²) >= 11 is 0. The zero-order valence-corrected chi connectivity index (χ0v) is 31.4. The number of furan rings is 2. The third kappa shape index (κ3) is 4.77. The van der Waals surface area contributed by atoms with Crippen molar-refractivity contribution in [3.05, 3.63) is 182 Å². The van der Waals surface area contributed by atoms with E-state index in [4.69, 9.17) is 23.8 Å². The molecule has 0 saturated carbocycles. The van der Waals surface area contributed by atoms with Gasteiger partial charge in [0, 0.05) is 54.4 Å². The second-order valence-electron chi connectivity index (χ2n) is 15.2. The van der Waals surface area contributed by atoms with E-state index in [0.29, 0.717) is 17.5 Å². The molecule has 4 aromatic heterocycles. The van der Waals surface area contributed by atoms with E-state index in [2.05, 4.69) is 126 Å². The minimum atomic E-state index is 0.557. The Morgan fingerprint density at radius 3 is 1.93 bits per heavy atom. The molecule has 0 N–H and O–H groups in total. The summed E-state index contributed by atoms with van der Waals surface area (Å²) < 4.78 is 15.6. The van der Waals surface area contributed by atoms with Crippen LogP contribution in [-0.4, -0.2) is 19.5 Å². The summed E-state index contributed by atoms with van der Waals surface area (Å²) in [5, 5.41) is 11.3. The van der Waals surface area contributed by atoms with Gasteiger partial charge >= 0.3 is 0 Å². The predicted octanol–water partition coefficient (Wildman–Crippen LogP) is 14.1. The Labute approximate surface area is 336 Å². The first-order chi connectivity index (χ1) is 29.2. The lowest BCUT2D eigenvalue weighted by molar-refractivity contribution is 0.666. The molecule has 0 bridgehead atoms. The maximum absolute atomic E-state index is 6.99. The van der Waals surface area contributed by atoms with Crippen molar-refractivity contribution >= 4 is 87.2 Å². The zero-order valence-electron chi connectivity index (χ0n) is 31.4. The minimum absolute atomic E-state index is 0.557. The molecule has 0 aliphatic rings. The fraction of sp³-hybridized carbons (Fsp3) is 0. The Balaban J connectivity index is 1.04. The van der Waals surface area contributed by atoms with E-state index in [1.807, 2.05) is 60.7 Å². The molecule has 9 aromatic carbocycles. The molecule has 6 heteroatoms. The van der Waals surface area contributed by atoms with E-state index in [-0.39, 0.29) is 0 Å². The van der Waals surface area contributed by atoms with Crippen LogP contribution in [0.15, 0.2) is 191 Å². The van der Waals surface area contributed by atoms with E-state index in [1.54, 1.807) is 0 Å². The van der Waals surface area contributed by atoms with E-state index < -0.39 is 0 Å². The Bertz CT molecular complexity index is 3860. The number of benzene rings is 9. The molecule has 59 heavy (non-hydrogen) atoms. The summed E-state index contributed by atoms with van der Waals surface area (Å²) in [4.78, 5) is 15.3. The first-order valence-corrected chi connectivity index (χ1v) is 19.8. The highest BCUT2D eigenvalue weighted by Crippen LogP contribution is 2.43. The second kappa shape index (κ2) is 12.2. The molecule has 4 heterocycles. The Morgan fingerprint density at radius 1 is 0.373 bits per heavy atom. The van der Waals surface area contributed by atoms with Gasteiger partial charge in [-0.05, 0) is 58.6 Å². The van der Waals surface area contributed by atoms with E-state index in [1.165, 1.54) is 32.3 Å². The van der Waals surface area contributed by atoms with Crippen molar-refractivity contribution < 1.29 is 8.83 Å². The van der Waals surface area contributed by atoms with Crippen molar-refractivity contribution in [1.29, 1.82) is 0 Å². The quantitative estimate of drug-likeness (QED) is 0.179. The Kier molecular flexibility index (Phi) is 6.63. The summed E-state index contributed by atoms with van der Waals surface area (Å²) in [6.45, 7) is 0. The van der Waals surface area contributed by atoms with Crippen molar-refractivity contribution in [2.45, 2.75) is 0 Å². The van der Waals surface area contributed by atoms with Crippen LogP contribution < -0.4 is 0 Å². The molecule has 0 fully saturated rings. The molecule has 0 saturated heterocycles. The average molecular weight is 755 g/mol. The molecule has 6 nitrogen and oxygen atoms in total. The van der Waals surface area contributed by atoms with Crippen LogP contribution in [0.1, 0.15) is 0 Å². The fourth-order valence-corrected chi connectivity index (χ4v) is 9.11. The molecule has 13 rings (SSSR count). The lowest BCUT2D eigenvalue weighted by Gasteiger charge is -2.11. The van der Waals surface area contributed by atoms with Crippen LogP contribution in [0.3, 0.4) is 0 Å². The average Bonchev–Trinajstić information content (AvgIpc) is 3.97. The van der Waals surface area contributed by atoms with Gasteiger partial charge in [-0.25, -0.2) is 15.0 Å². The van der Waals surface area contributed by atoms with Crippen LogP contribution in [0.25, 0.3) is 127 Å². The molecule has 274 valence electrons. The maximum Gasteiger partial charge on any atom is 0.164 e. The molecule has 0 amide bonds. The number of fused-ring (bicyclic) bond motifs is 12. The van der Waals surface area contributed by atoms with Gasteiger partial charge in [0.25, 0.3) is 0 Å². The molecular weight excluding hydrogens is 725 g/mol. The molecule has 0 atom stereocenters. The summed E-state index contributed by atoms with van der Waals surface area (Å²) in [5.74, 6) is 1.72. The number of aromatic nitrogens is 4. The van der Waals surface area contributed by atoms with E-state index in [0.717, 1.165) is 77.3 Å². The van der Waals surface area contributed by atoms with Crippen LogP contribution in [0.4, 0.5) is 0 Å². The first kappa shape index (κ1) is 32.0. The Hall–Kier alpha value is -8.09. The number of para-hydroxylation sites is 2. The molecule has 0 aliphatic carbocycles. The highest BCUT2D eigenvalue weighted by Gasteiger charge is 2.22. The van der Waals surface area contributed by atoms with E-state index >= 15 is 0 Å². The molecular formula is C53H30N4O2. The van der Waals surface area contributed by atoms with Gasteiger partial charge in [-0.3, -0.25) is 0 Å². The van der Waals surface area contributed by atoms with Crippen LogP contribution in [0.2, 0.25) is 0 Å². The van der Waals surface area contributed by atoms with Crippen LogP contribution >= 0.6 is 0 Å². The summed E-state index contributed by atoms with van der Waals surface area (Å²) in [7, 11) is 0. The largest absolute Gasteiger partial charge is 0.456 e. The van der Waals surface area contributed by atoms with Crippen molar-refractivity contribution in [3.63, 3.8) is 0 Å².